The second-order valence-corrected chi connectivity index (χ2v) is 7.44. The van der Waals surface area contributed by atoms with Crippen molar-refractivity contribution in [3.63, 3.8) is 0 Å². The van der Waals surface area contributed by atoms with Crippen molar-refractivity contribution in [1.29, 1.82) is 0 Å². The van der Waals surface area contributed by atoms with Gasteiger partial charge < -0.3 is 15.0 Å². The minimum absolute atomic E-state index is 0.327. The van der Waals surface area contributed by atoms with E-state index in [0.29, 0.717) is 11.8 Å². The van der Waals surface area contributed by atoms with Gasteiger partial charge in [0.25, 0.3) is 0 Å². The second-order valence-electron chi connectivity index (χ2n) is 7.44. The van der Waals surface area contributed by atoms with Gasteiger partial charge in [0, 0.05) is 13.0 Å². The predicted molar refractivity (Wildman–Crippen MR) is 122 cm³/mol. The molecule has 0 saturated heterocycles. The van der Waals surface area contributed by atoms with Gasteiger partial charge in [0.15, 0.2) is 0 Å². The van der Waals surface area contributed by atoms with Crippen LogP contribution >= 0.6 is 0 Å². The van der Waals surface area contributed by atoms with Crippen LogP contribution in [-0.4, -0.2) is 36.7 Å². The molecule has 0 atom stereocenters. The molecule has 0 aliphatic heterocycles. The fourth-order valence-electron chi connectivity index (χ4n) is 3.49. The van der Waals surface area contributed by atoms with Gasteiger partial charge in [-0.1, -0.05) is 47.6 Å². The number of benzene rings is 3. The Morgan fingerprint density at radius 3 is 2.56 bits per heavy atom. The van der Waals surface area contributed by atoms with Crippen LogP contribution in [0.4, 0.5) is 0 Å². The van der Waals surface area contributed by atoms with Crippen LogP contribution in [0.1, 0.15) is 17.8 Å². The Kier molecular flexibility index (Phi) is 5.85. The average molecular weight is 425 g/mol. The van der Waals surface area contributed by atoms with Gasteiger partial charge in [-0.3, -0.25) is 0 Å². The maximum absolute atomic E-state index is 5.87. The highest BCUT2D eigenvalue weighted by molar-refractivity contribution is 5.74. The fourth-order valence-corrected chi connectivity index (χ4v) is 3.49. The summed E-state index contributed by atoms with van der Waals surface area (Å²) in [5, 5.41) is 15.2. The van der Waals surface area contributed by atoms with Crippen LogP contribution in [0.3, 0.4) is 0 Å². The van der Waals surface area contributed by atoms with Crippen molar-refractivity contribution in [2.45, 2.75) is 19.4 Å². The predicted octanol–water partition coefficient (Wildman–Crippen LogP) is 4.05. The molecule has 0 aliphatic carbocycles. The van der Waals surface area contributed by atoms with Crippen molar-refractivity contribution in [2.24, 2.45) is 0 Å². The maximum atomic E-state index is 5.87. The van der Waals surface area contributed by atoms with Crippen LogP contribution < -0.4 is 10.1 Å². The van der Waals surface area contributed by atoms with Crippen molar-refractivity contribution in [2.75, 3.05) is 6.54 Å². The lowest BCUT2D eigenvalue weighted by Gasteiger charge is -2.08. The van der Waals surface area contributed by atoms with E-state index in [-0.39, 0.29) is 0 Å². The number of H-pyrrole nitrogens is 1. The Bertz CT molecular complexity index is 1250. The van der Waals surface area contributed by atoms with Gasteiger partial charge in [-0.25, -0.2) is 4.98 Å². The summed E-state index contributed by atoms with van der Waals surface area (Å²) < 4.78 is 7.44. The molecule has 8 nitrogen and oxygen atoms in total. The highest BCUT2D eigenvalue weighted by atomic mass is 16.5. The van der Waals surface area contributed by atoms with Crippen LogP contribution in [0, 0.1) is 0 Å². The molecule has 2 N–H and O–H groups in total. The Morgan fingerprint density at radius 1 is 0.906 bits per heavy atom. The molecule has 0 bridgehead atoms. The van der Waals surface area contributed by atoms with Gasteiger partial charge in [0.1, 0.15) is 11.6 Å². The molecule has 0 amide bonds. The van der Waals surface area contributed by atoms with Crippen molar-refractivity contribution in [1.82, 2.24) is 35.5 Å². The second kappa shape index (κ2) is 9.40. The molecular weight excluding hydrogens is 402 g/mol. The number of aromatic amines is 1. The standard InChI is InChI=1S/C24H23N7O/c1-2-7-19(8-3-1)31-24(28-29-30-31)32-20-14-12-18(13-15-20)17-25-16-6-11-23-26-21-9-4-5-10-22(21)27-23/h1-5,7-10,12-15,25H,6,11,16-17H2,(H,26,27). The zero-order chi connectivity index (χ0) is 21.6. The van der Waals surface area contributed by atoms with E-state index in [9.17, 15) is 0 Å². The molecule has 0 spiro atoms. The van der Waals surface area contributed by atoms with Gasteiger partial charge in [0.05, 0.1) is 16.7 Å². The summed E-state index contributed by atoms with van der Waals surface area (Å²) in [6.07, 6.45) is 1.94. The number of aromatic nitrogens is 6. The van der Waals surface area contributed by atoms with Gasteiger partial charge in [-0.2, -0.15) is 4.68 Å². The van der Waals surface area contributed by atoms with Crippen LogP contribution in [0.25, 0.3) is 16.7 Å². The summed E-state index contributed by atoms with van der Waals surface area (Å²) in [7, 11) is 0. The number of rotatable bonds is 9. The molecule has 160 valence electrons. The number of fused-ring (bicyclic) bond motifs is 1. The summed E-state index contributed by atoms with van der Waals surface area (Å²) in [5.41, 5.74) is 4.14. The lowest BCUT2D eigenvalue weighted by atomic mass is 10.2. The number of imidazole rings is 1. The minimum Gasteiger partial charge on any atom is -0.423 e. The van der Waals surface area contributed by atoms with Crippen LogP contribution in [0.2, 0.25) is 0 Å². The van der Waals surface area contributed by atoms with E-state index in [1.54, 1.807) is 4.68 Å². The van der Waals surface area contributed by atoms with Crippen LogP contribution in [0.5, 0.6) is 11.8 Å². The molecule has 0 radical (unpaired) electrons. The SMILES string of the molecule is c1ccc(-n2nnnc2Oc2ccc(CNCCCc3nc4ccccc4[nH]3)cc2)cc1. The molecule has 3 aromatic carbocycles. The fraction of sp³-hybridized carbons (Fsp3) is 0.167. The monoisotopic (exact) mass is 425 g/mol. The number of tetrazole rings is 1. The molecule has 8 heteroatoms. The smallest absolute Gasteiger partial charge is 0.345 e. The lowest BCUT2D eigenvalue weighted by molar-refractivity contribution is 0.427. The summed E-state index contributed by atoms with van der Waals surface area (Å²) >= 11 is 0. The molecule has 0 saturated carbocycles. The summed E-state index contributed by atoms with van der Waals surface area (Å²) in [6.45, 7) is 1.71. The van der Waals surface area contributed by atoms with E-state index in [4.69, 9.17) is 4.74 Å². The van der Waals surface area contributed by atoms with Crippen molar-refractivity contribution < 1.29 is 4.74 Å². The number of nitrogens with zero attached hydrogens (tertiary/aromatic N) is 5. The zero-order valence-corrected chi connectivity index (χ0v) is 17.5. The molecular formula is C24H23N7O. The van der Waals surface area contributed by atoms with Gasteiger partial charge in [0.2, 0.25) is 0 Å². The molecule has 5 rings (SSSR count). The number of ether oxygens (including phenoxy) is 1. The third-order valence-electron chi connectivity index (χ3n) is 5.11. The van der Waals surface area contributed by atoms with E-state index in [0.717, 1.165) is 48.5 Å². The molecule has 0 aliphatic rings. The first-order chi connectivity index (χ1) is 15.8. The zero-order valence-electron chi connectivity index (χ0n) is 17.5. The molecule has 32 heavy (non-hydrogen) atoms. The van der Waals surface area contributed by atoms with Gasteiger partial charge in [-0.05, 0) is 65.4 Å². The average Bonchev–Trinajstić information content (AvgIpc) is 3.47. The highest BCUT2D eigenvalue weighted by Gasteiger charge is 2.10. The van der Waals surface area contributed by atoms with Crippen molar-refractivity contribution in [3.8, 4) is 17.4 Å². The van der Waals surface area contributed by atoms with Gasteiger partial charge >= 0.3 is 6.01 Å². The number of aryl methyl sites for hydroxylation is 1. The Balaban J connectivity index is 1.10. The molecule has 5 aromatic rings. The third kappa shape index (κ3) is 4.65. The normalized spacial score (nSPS) is 11.1. The minimum atomic E-state index is 0.327. The van der Waals surface area contributed by atoms with E-state index in [1.807, 2.05) is 72.8 Å². The molecule has 2 aromatic heterocycles. The Morgan fingerprint density at radius 2 is 1.72 bits per heavy atom. The number of nitrogens with one attached hydrogen (secondary N) is 2. The first kappa shape index (κ1) is 19.9. The first-order valence-corrected chi connectivity index (χ1v) is 10.6. The first-order valence-electron chi connectivity index (χ1n) is 10.6. The van der Waals surface area contributed by atoms with E-state index >= 15 is 0 Å². The van der Waals surface area contributed by atoms with E-state index in [2.05, 4.69) is 36.9 Å². The number of hydrogen-bond donors (Lipinski definition) is 2. The largest absolute Gasteiger partial charge is 0.423 e. The summed E-state index contributed by atoms with van der Waals surface area (Å²) in [4.78, 5) is 8.00. The van der Waals surface area contributed by atoms with E-state index < -0.39 is 0 Å². The summed E-state index contributed by atoms with van der Waals surface area (Å²) in [6, 6.07) is 26.0. The molecule has 0 fully saturated rings. The molecule has 0 unspecified atom stereocenters. The number of para-hydroxylation sites is 3. The topological polar surface area (TPSA) is 93.5 Å². The molecule has 2 heterocycles. The van der Waals surface area contributed by atoms with Crippen molar-refractivity contribution >= 4 is 11.0 Å². The van der Waals surface area contributed by atoms with E-state index in [1.165, 1.54) is 5.56 Å². The van der Waals surface area contributed by atoms with Crippen LogP contribution in [0.15, 0.2) is 78.9 Å². The summed E-state index contributed by atoms with van der Waals surface area (Å²) in [5.74, 6) is 1.72. The lowest BCUT2D eigenvalue weighted by Crippen LogP contribution is -2.15. The third-order valence-corrected chi connectivity index (χ3v) is 5.11. The number of hydrogen-bond acceptors (Lipinski definition) is 6. The highest BCUT2D eigenvalue weighted by Crippen LogP contribution is 2.21. The van der Waals surface area contributed by atoms with Gasteiger partial charge in [-0.15, -0.1) is 0 Å². The quantitative estimate of drug-likeness (QED) is 0.346. The maximum Gasteiger partial charge on any atom is 0.345 e. The Hall–Kier alpha value is -4.04. The van der Waals surface area contributed by atoms with Crippen molar-refractivity contribution in [3.05, 3.63) is 90.3 Å². The Labute approximate surface area is 185 Å². The van der Waals surface area contributed by atoms with Crippen LogP contribution in [-0.2, 0) is 13.0 Å².